The maximum Gasteiger partial charge on any atom is 0.313 e. The SMILES string of the molecule is CC(C(=O)OC(C)(C)C)c1ccc(N2Cc3ccc(Br)cc3C2=O)cc1. The summed E-state index contributed by atoms with van der Waals surface area (Å²) >= 11 is 3.41. The van der Waals surface area contributed by atoms with Crippen molar-refractivity contribution < 1.29 is 14.3 Å². The van der Waals surface area contributed by atoms with E-state index in [2.05, 4.69) is 15.9 Å². The number of fused-ring (bicyclic) bond motifs is 1. The average molecular weight is 416 g/mol. The van der Waals surface area contributed by atoms with E-state index in [4.69, 9.17) is 4.74 Å². The molecule has 2 aromatic carbocycles. The fourth-order valence-electron chi connectivity index (χ4n) is 2.95. The van der Waals surface area contributed by atoms with Gasteiger partial charge >= 0.3 is 5.97 Å². The van der Waals surface area contributed by atoms with Crippen LogP contribution in [-0.4, -0.2) is 17.5 Å². The number of carbonyl (C=O) groups excluding carboxylic acids is 2. The number of nitrogens with zero attached hydrogens (tertiary/aromatic N) is 1. The first-order chi connectivity index (χ1) is 12.2. The summed E-state index contributed by atoms with van der Waals surface area (Å²) < 4.78 is 6.34. The molecular formula is C21H22BrNO3. The van der Waals surface area contributed by atoms with Gasteiger partial charge in [-0.3, -0.25) is 9.59 Å². The molecule has 0 N–H and O–H groups in total. The van der Waals surface area contributed by atoms with Crippen LogP contribution >= 0.6 is 15.9 Å². The second kappa shape index (κ2) is 6.88. The minimum atomic E-state index is -0.507. The van der Waals surface area contributed by atoms with Crippen LogP contribution in [0.2, 0.25) is 0 Å². The molecule has 2 aromatic rings. The molecule has 1 unspecified atom stereocenters. The van der Waals surface area contributed by atoms with E-state index in [9.17, 15) is 9.59 Å². The van der Waals surface area contributed by atoms with Crippen LogP contribution in [0.4, 0.5) is 5.69 Å². The highest BCUT2D eigenvalue weighted by atomic mass is 79.9. The van der Waals surface area contributed by atoms with E-state index in [0.29, 0.717) is 6.54 Å². The Bertz CT molecular complexity index is 853. The van der Waals surface area contributed by atoms with Gasteiger partial charge in [0, 0.05) is 15.7 Å². The zero-order chi connectivity index (χ0) is 19.1. The lowest BCUT2D eigenvalue weighted by molar-refractivity contribution is -0.156. The maximum absolute atomic E-state index is 12.7. The van der Waals surface area contributed by atoms with Crippen molar-refractivity contribution in [3.63, 3.8) is 0 Å². The third-order valence-electron chi connectivity index (χ3n) is 4.34. The van der Waals surface area contributed by atoms with Crippen molar-refractivity contribution in [2.24, 2.45) is 0 Å². The zero-order valence-corrected chi connectivity index (χ0v) is 17.0. The third kappa shape index (κ3) is 3.83. The van der Waals surface area contributed by atoms with Gasteiger partial charge in [0.05, 0.1) is 12.5 Å². The van der Waals surface area contributed by atoms with Crippen molar-refractivity contribution in [3.05, 3.63) is 63.6 Å². The summed E-state index contributed by atoms with van der Waals surface area (Å²) in [5, 5.41) is 0. The molecule has 4 nitrogen and oxygen atoms in total. The molecule has 1 aliphatic heterocycles. The minimum absolute atomic E-state index is 0.00533. The van der Waals surface area contributed by atoms with Gasteiger partial charge in [-0.15, -0.1) is 0 Å². The van der Waals surface area contributed by atoms with Crippen LogP contribution in [0.5, 0.6) is 0 Å². The second-order valence-electron chi connectivity index (χ2n) is 7.54. The molecule has 1 amide bonds. The predicted molar refractivity (Wildman–Crippen MR) is 105 cm³/mol. The van der Waals surface area contributed by atoms with Crippen molar-refractivity contribution in [1.29, 1.82) is 0 Å². The maximum atomic E-state index is 12.7. The highest BCUT2D eigenvalue weighted by Gasteiger charge is 2.29. The molecular weight excluding hydrogens is 394 g/mol. The monoisotopic (exact) mass is 415 g/mol. The van der Waals surface area contributed by atoms with Gasteiger partial charge in [-0.05, 0) is 63.1 Å². The van der Waals surface area contributed by atoms with E-state index in [1.54, 1.807) is 4.90 Å². The van der Waals surface area contributed by atoms with E-state index in [1.165, 1.54) is 0 Å². The Balaban J connectivity index is 1.77. The third-order valence-corrected chi connectivity index (χ3v) is 4.83. The summed E-state index contributed by atoms with van der Waals surface area (Å²) in [6, 6.07) is 13.3. The Hall–Kier alpha value is -2.14. The van der Waals surface area contributed by atoms with E-state index >= 15 is 0 Å². The fourth-order valence-corrected chi connectivity index (χ4v) is 3.31. The molecule has 5 heteroatoms. The Labute approximate surface area is 162 Å². The molecule has 26 heavy (non-hydrogen) atoms. The molecule has 0 bridgehead atoms. The Kier molecular flexibility index (Phi) is 4.93. The molecule has 1 heterocycles. The van der Waals surface area contributed by atoms with E-state index in [0.717, 1.165) is 26.9 Å². The van der Waals surface area contributed by atoms with Gasteiger partial charge in [-0.2, -0.15) is 0 Å². The summed E-state index contributed by atoms with van der Waals surface area (Å²) in [4.78, 5) is 26.7. The van der Waals surface area contributed by atoms with E-state index < -0.39 is 5.60 Å². The smallest absolute Gasteiger partial charge is 0.313 e. The van der Waals surface area contributed by atoms with Gasteiger partial charge in [0.2, 0.25) is 0 Å². The summed E-state index contributed by atoms with van der Waals surface area (Å²) in [6.45, 7) is 7.96. The molecule has 0 fully saturated rings. The van der Waals surface area contributed by atoms with Crippen LogP contribution < -0.4 is 4.90 Å². The molecule has 3 rings (SSSR count). The lowest BCUT2D eigenvalue weighted by Crippen LogP contribution is -2.27. The molecule has 1 aliphatic rings. The summed E-state index contributed by atoms with van der Waals surface area (Å²) in [6.07, 6.45) is 0. The second-order valence-corrected chi connectivity index (χ2v) is 8.46. The van der Waals surface area contributed by atoms with Crippen LogP contribution in [0, 0.1) is 0 Å². The van der Waals surface area contributed by atoms with Crippen molar-refractivity contribution in [1.82, 2.24) is 0 Å². The summed E-state index contributed by atoms with van der Waals surface area (Å²) in [5.74, 6) is -0.611. The molecule has 0 spiro atoms. The molecule has 1 atom stereocenters. The number of benzene rings is 2. The molecule has 0 saturated heterocycles. The predicted octanol–water partition coefficient (Wildman–Crippen LogP) is 5.05. The van der Waals surface area contributed by atoms with Gasteiger partial charge in [-0.1, -0.05) is 34.1 Å². The Morgan fingerprint density at radius 3 is 2.42 bits per heavy atom. The number of amides is 1. The number of rotatable bonds is 3. The number of halogens is 1. The molecule has 0 aliphatic carbocycles. The van der Waals surface area contributed by atoms with Crippen LogP contribution in [-0.2, 0) is 16.1 Å². The topological polar surface area (TPSA) is 46.6 Å². The Morgan fingerprint density at radius 2 is 1.81 bits per heavy atom. The first-order valence-electron chi connectivity index (χ1n) is 8.59. The largest absolute Gasteiger partial charge is 0.460 e. The van der Waals surface area contributed by atoms with Gasteiger partial charge in [-0.25, -0.2) is 0 Å². The number of hydrogen-bond donors (Lipinski definition) is 0. The van der Waals surface area contributed by atoms with Crippen molar-refractivity contribution in [2.75, 3.05) is 4.90 Å². The fraction of sp³-hybridized carbons (Fsp3) is 0.333. The minimum Gasteiger partial charge on any atom is -0.460 e. The van der Waals surface area contributed by atoms with Crippen LogP contribution in [0.1, 0.15) is 55.1 Å². The standard InChI is InChI=1S/C21H22BrNO3/c1-13(20(25)26-21(2,3)4)14-6-9-17(10-7-14)23-12-15-5-8-16(22)11-18(15)19(23)24/h5-11,13H,12H2,1-4H3. The van der Waals surface area contributed by atoms with Gasteiger partial charge < -0.3 is 9.64 Å². The van der Waals surface area contributed by atoms with Crippen LogP contribution in [0.15, 0.2) is 46.9 Å². The molecule has 136 valence electrons. The van der Waals surface area contributed by atoms with Crippen LogP contribution in [0.3, 0.4) is 0 Å². The van der Waals surface area contributed by atoms with Crippen molar-refractivity contribution >= 4 is 33.5 Å². The van der Waals surface area contributed by atoms with Gasteiger partial charge in [0.15, 0.2) is 0 Å². The molecule has 0 radical (unpaired) electrons. The van der Waals surface area contributed by atoms with E-state index in [-0.39, 0.29) is 17.8 Å². The van der Waals surface area contributed by atoms with Gasteiger partial charge in [0.25, 0.3) is 5.91 Å². The van der Waals surface area contributed by atoms with Crippen molar-refractivity contribution in [2.45, 2.75) is 45.8 Å². The molecule has 0 saturated carbocycles. The first-order valence-corrected chi connectivity index (χ1v) is 9.38. The number of esters is 1. The molecule has 0 aromatic heterocycles. The average Bonchev–Trinajstić information content (AvgIpc) is 2.89. The summed E-state index contributed by atoms with van der Waals surface area (Å²) in [5.41, 5.74) is 2.93. The van der Waals surface area contributed by atoms with Gasteiger partial charge in [0.1, 0.15) is 5.60 Å². The zero-order valence-electron chi connectivity index (χ0n) is 15.4. The lowest BCUT2D eigenvalue weighted by atomic mass is 10.0. The summed E-state index contributed by atoms with van der Waals surface area (Å²) in [7, 11) is 0. The quantitative estimate of drug-likeness (QED) is 0.658. The number of hydrogen-bond acceptors (Lipinski definition) is 3. The normalized spacial score (nSPS) is 15.0. The van der Waals surface area contributed by atoms with E-state index in [1.807, 2.05) is 70.2 Å². The first kappa shape index (κ1) is 18.6. The Morgan fingerprint density at radius 1 is 1.15 bits per heavy atom. The van der Waals surface area contributed by atoms with Crippen LogP contribution in [0.25, 0.3) is 0 Å². The lowest BCUT2D eigenvalue weighted by Gasteiger charge is -2.23. The number of carbonyl (C=O) groups is 2. The number of anilines is 1. The highest BCUT2D eigenvalue weighted by Crippen LogP contribution is 2.31. The van der Waals surface area contributed by atoms with Crippen molar-refractivity contribution in [3.8, 4) is 0 Å². The number of ether oxygens (including phenoxy) is 1. The highest BCUT2D eigenvalue weighted by molar-refractivity contribution is 9.10.